The van der Waals surface area contributed by atoms with Crippen molar-refractivity contribution in [3.8, 4) is 0 Å². The molecule has 1 aromatic carbocycles. The summed E-state index contributed by atoms with van der Waals surface area (Å²) in [6.45, 7) is 3.26. The van der Waals surface area contributed by atoms with Crippen molar-refractivity contribution in [2.45, 2.75) is 51.5 Å². The minimum absolute atomic E-state index is 0.810. The molecule has 1 N–H and O–H groups in total. The molecule has 0 saturated heterocycles. The summed E-state index contributed by atoms with van der Waals surface area (Å²) in [7, 11) is 0. The molecule has 1 fully saturated rings. The summed E-state index contributed by atoms with van der Waals surface area (Å²) in [5.41, 5.74) is 2.72. The highest BCUT2D eigenvalue weighted by atomic mass is 32.1. The molecule has 0 bridgehead atoms. The summed E-state index contributed by atoms with van der Waals surface area (Å²) in [6, 6.07) is 9.53. The van der Waals surface area contributed by atoms with Crippen molar-refractivity contribution in [2.75, 3.05) is 6.54 Å². The Balaban J connectivity index is 1.41. The molecule has 0 unspecified atom stereocenters. The average Bonchev–Trinajstić information content (AvgIpc) is 3.20. The Labute approximate surface area is 130 Å². The molecule has 0 spiro atoms. The number of aromatic nitrogens is 2. The maximum atomic E-state index is 4.33. The van der Waals surface area contributed by atoms with Crippen LogP contribution in [-0.2, 0) is 19.3 Å². The predicted molar refractivity (Wildman–Crippen MR) is 87.8 cm³/mol. The lowest BCUT2D eigenvalue weighted by molar-refractivity contribution is 0.642. The molecule has 2 aromatic rings. The number of benzene rings is 1. The third-order valence-corrected chi connectivity index (χ3v) is 4.84. The second-order valence-electron chi connectivity index (χ2n) is 5.91. The van der Waals surface area contributed by atoms with Crippen molar-refractivity contribution < 1.29 is 0 Å². The Morgan fingerprint density at radius 3 is 2.71 bits per heavy atom. The predicted octanol–water partition coefficient (Wildman–Crippen LogP) is 3.32. The van der Waals surface area contributed by atoms with Crippen molar-refractivity contribution in [3.63, 3.8) is 0 Å². The fourth-order valence-electron chi connectivity index (χ4n) is 2.44. The van der Waals surface area contributed by atoms with E-state index in [4.69, 9.17) is 0 Å². The maximum Gasteiger partial charge on any atom is 0.117 e. The van der Waals surface area contributed by atoms with Gasteiger partial charge in [-0.3, -0.25) is 0 Å². The van der Waals surface area contributed by atoms with Gasteiger partial charge in [-0.25, -0.2) is 0 Å². The van der Waals surface area contributed by atoms with Crippen LogP contribution in [0.4, 0.5) is 0 Å². The third-order valence-electron chi connectivity index (χ3n) is 3.80. The monoisotopic (exact) mass is 301 g/mol. The summed E-state index contributed by atoms with van der Waals surface area (Å²) in [4.78, 5) is 0. The number of hydrogen-bond acceptors (Lipinski definition) is 4. The highest BCUT2D eigenvalue weighted by Crippen LogP contribution is 2.19. The first-order valence-corrected chi connectivity index (χ1v) is 8.71. The zero-order chi connectivity index (χ0) is 14.5. The molecule has 1 aliphatic carbocycles. The van der Waals surface area contributed by atoms with Gasteiger partial charge in [-0.2, -0.15) is 0 Å². The van der Waals surface area contributed by atoms with Crippen LogP contribution in [0.2, 0.25) is 0 Å². The molecule has 112 valence electrons. The van der Waals surface area contributed by atoms with Crippen LogP contribution in [0.3, 0.4) is 0 Å². The summed E-state index contributed by atoms with van der Waals surface area (Å²) in [5, 5.41) is 14.5. The van der Waals surface area contributed by atoms with E-state index in [9.17, 15) is 0 Å². The van der Waals surface area contributed by atoms with E-state index in [-0.39, 0.29) is 0 Å². The Hall–Kier alpha value is -1.26. The van der Waals surface area contributed by atoms with Gasteiger partial charge >= 0.3 is 0 Å². The highest BCUT2D eigenvalue weighted by Gasteiger charge is 2.19. The number of aryl methyl sites for hydroxylation is 4. The van der Waals surface area contributed by atoms with E-state index in [0.717, 1.165) is 31.8 Å². The van der Waals surface area contributed by atoms with Gasteiger partial charge < -0.3 is 5.32 Å². The van der Waals surface area contributed by atoms with Gasteiger partial charge in [0.15, 0.2) is 0 Å². The Morgan fingerprint density at radius 1 is 1.14 bits per heavy atom. The fraction of sp³-hybridized carbons (Fsp3) is 0.529. The molecule has 4 heteroatoms. The van der Waals surface area contributed by atoms with E-state index >= 15 is 0 Å². The Kier molecular flexibility index (Phi) is 4.99. The average molecular weight is 301 g/mol. The first-order valence-electron chi connectivity index (χ1n) is 7.90. The zero-order valence-corrected chi connectivity index (χ0v) is 13.5. The van der Waals surface area contributed by atoms with E-state index < -0.39 is 0 Å². The van der Waals surface area contributed by atoms with Crippen LogP contribution in [0.5, 0.6) is 0 Å². The van der Waals surface area contributed by atoms with Crippen LogP contribution in [0.25, 0.3) is 0 Å². The van der Waals surface area contributed by atoms with Crippen LogP contribution >= 0.6 is 11.3 Å². The first kappa shape index (κ1) is 14.7. The Bertz CT molecular complexity index is 575. The molecule has 0 aliphatic heterocycles. The van der Waals surface area contributed by atoms with Gasteiger partial charge in [0.2, 0.25) is 0 Å². The quantitative estimate of drug-likeness (QED) is 0.760. The molecule has 21 heavy (non-hydrogen) atoms. The summed E-state index contributed by atoms with van der Waals surface area (Å²) < 4.78 is 0. The molecule has 3 rings (SSSR count). The minimum Gasteiger partial charge on any atom is -0.314 e. The van der Waals surface area contributed by atoms with Gasteiger partial charge in [-0.05, 0) is 44.7 Å². The molecule has 0 atom stereocenters. The topological polar surface area (TPSA) is 37.8 Å². The zero-order valence-electron chi connectivity index (χ0n) is 12.6. The maximum absolute atomic E-state index is 4.33. The van der Waals surface area contributed by atoms with Crippen molar-refractivity contribution >= 4 is 11.3 Å². The number of rotatable bonds is 8. The highest BCUT2D eigenvalue weighted by molar-refractivity contribution is 7.11. The standard InChI is InChI=1S/C17H23N3S/c1-13-4-2-5-14(12-13)7-10-17-20-19-16(21-17)6-3-11-18-15-8-9-15/h2,4-5,12,15,18H,3,6-11H2,1H3. The van der Waals surface area contributed by atoms with Crippen LogP contribution in [-0.4, -0.2) is 22.8 Å². The van der Waals surface area contributed by atoms with Gasteiger partial charge in [-0.1, -0.05) is 29.8 Å². The van der Waals surface area contributed by atoms with Crippen LogP contribution in [0.1, 0.15) is 40.4 Å². The lowest BCUT2D eigenvalue weighted by atomic mass is 10.1. The van der Waals surface area contributed by atoms with Gasteiger partial charge in [-0.15, -0.1) is 21.5 Å². The second kappa shape index (κ2) is 7.14. The molecular formula is C17H23N3S. The van der Waals surface area contributed by atoms with Gasteiger partial charge in [0.05, 0.1) is 0 Å². The number of nitrogens with zero attached hydrogens (tertiary/aromatic N) is 2. The van der Waals surface area contributed by atoms with E-state index in [1.807, 2.05) is 0 Å². The number of hydrogen-bond donors (Lipinski definition) is 1. The molecule has 1 aromatic heterocycles. The SMILES string of the molecule is Cc1cccc(CCc2nnc(CCCNC3CC3)s2)c1. The Morgan fingerprint density at radius 2 is 1.95 bits per heavy atom. The lowest BCUT2D eigenvalue weighted by Gasteiger charge is -2.00. The summed E-state index contributed by atoms with van der Waals surface area (Å²) in [5.74, 6) is 0. The molecular weight excluding hydrogens is 278 g/mol. The fourth-order valence-corrected chi connectivity index (χ4v) is 3.33. The molecule has 1 heterocycles. The minimum atomic E-state index is 0.810. The molecule has 0 radical (unpaired) electrons. The van der Waals surface area contributed by atoms with E-state index in [1.165, 1.54) is 40.4 Å². The molecule has 3 nitrogen and oxygen atoms in total. The van der Waals surface area contributed by atoms with Crippen LogP contribution in [0, 0.1) is 6.92 Å². The summed E-state index contributed by atoms with van der Waals surface area (Å²) in [6.07, 6.45) is 7.01. The van der Waals surface area contributed by atoms with Crippen molar-refractivity contribution in [1.82, 2.24) is 15.5 Å². The van der Waals surface area contributed by atoms with Crippen molar-refractivity contribution in [3.05, 3.63) is 45.4 Å². The molecule has 1 aliphatic rings. The summed E-state index contributed by atoms with van der Waals surface area (Å²) >= 11 is 1.78. The van der Waals surface area contributed by atoms with Gasteiger partial charge in [0, 0.05) is 18.9 Å². The smallest absolute Gasteiger partial charge is 0.117 e. The third kappa shape index (κ3) is 4.90. The first-order chi connectivity index (χ1) is 10.3. The normalized spacial score (nSPS) is 14.5. The van der Waals surface area contributed by atoms with Crippen LogP contribution < -0.4 is 5.32 Å². The van der Waals surface area contributed by atoms with Crippen molar-refractivity contribution in [1.29, 1.82) is 0 Å². The second-order valence-corrected chi connectivity index (χ2v) is 7.06. The lowest BCUT2D eigenvalue weighted by Crippen LogP contribution is -2.17. The largest absolute Gasteiger partial charge is 0.314 e. The van der Waals surface area contributed by atoms with Crippen LogP contribution in [0.15, 0.2) is 24.3 Å². The number of nitrogens with one attached hydrogen (secondary N) is 1. The van der Waals surface area contributed by atoms with E-state index in [0.29, 0.717) is 0 Å². The van der Waals surface area contributed by atoms with E-state index in [2.05, 4.69) is 46.7 Å². The van der Waals surface area contributed by atoms with Gasteiger partial charge in [0.25, 0.3) is 0 Å². The van der Waals surface area contributed by atoms with Crippen molar-refractivity contribution in [2.24, 2.45) is 0 Å². The molecule has 0 amide bonds. The molecule has 1 saturated carbocycles. The van der Waals surface area contributed by atoms with Gasteiger partial charge in [0.1, 0.15) is 10.0 Å². The van der Waals surface area contributed by atoms with E-state index in [1.54, 1.807) is 11.3 Å².